The molecule has 3 heterocycles. The van der Waals surface area contributed by atoms with Gasteiger partial charge in [0.2, 0.25) is 0 Å². The minimum absolute atomic E-state index is 0.193. The number of aromatic nitrogens is 3. The zero-order chi connectivity index (χ0) is 18.1. The highest BCUT2D eigenvalue weighted by Gasteiger charge is 2.25. The van der Waals surface area contributed by atoms with E-state index in [0.717, 1.165) is 11.3 Å². The monoisotopic (exact) mass is 351 g/mol. The number of imidazole rings is 1. The predicted molar refractivity (Wildman–Crippen MR) is 93.4 cm³/mol. The Balaban J connectivity index is 1.56. The average molecular weight is 351 g/mol. The summed E-state index contributed by atoms with van der Waals surface area (Å²) in [5.41, 5.74) is 2.40. The summed E-state index contributed by atoms with van der Waals surface area (Å²) >= 11 is 0. The van der Waals surface area contributed by atoms with Gasteiger partial charge >= 0.3 is 5.97 Å². The molecule has 2 aromatic heterocycles. The Labute approximate surface area is 149 Å². The van der Waals surface area contributed by atoms with E-state index in [4.69, 9.17) is 9.47 Å². The Morgan fingerprint density at radius 1 is 1.31 bits per heavy atom. The van der Waals surface area contributed by atoms with Crippen molar-refractivity contribution in [1.82, 2.24) is 15.0 Å². The number of hydrogen-bond acceptors (Lipinski definition) is 5. The summed E-state index contributed by atoms with van der Waals surface area (Å²) in [6, 6.07) is 8.99. The molecule has 0 spiro atoms. The van der Waals surface area contributed by atoms with Crippen LogP contribution in [0.2, 0.25) is 0 Å². The molecule has 0 aliphatic carbocycles. The molecule has 132 valence electrons. The van der Waals surface area contributed by atoms with Gasteiger partial charge in [0.05, 0.1) is 11.6 Å². The van der Waals surface area contributed by atoms with Gasteiger partial charge in [-0.25, -0.2) is 4.98 Å². The van der Waals surface area contributed by atoms with Gasteiger partial charge in [-0.2, -0.15) is 0 Å². The molecule has 0 saturated heterocycles. The number of hydrogen-bond donors (Lipinski definition) is 2. The fourth-order valence-corrected chi connectivity index (χ4v) is 2.88. The summed E-state index contributed by atoms with van der Waals surface area (Å²) in [5, 5.41) is 9.18. The summed E-state index contributed by atoms with van der Waals surface area (Å²) in [6.45, 7) is 2.10. The number of H-pyrrole nitrogens is 1. The molecule has 1 aromatic carbocycles. The van der Waals surface area contributed by atoms with Crippen LogP contribution in [0.5, 0.6) is 17.2 Å². The number of nitrogens with zero attached hydrogens (tertiary/aromatic N) is 2. The molecule has 26 heavy (non-hydrogen) atoms. The lowest BCUT2D eigenvalue weighted by atomic mass is 9.97. The summed E-state index contributed by atoms with van der Waals surface area (Å²) < 4.78 is 11.4. The van der Waals surface area contributed by atoms with E-state index in [2.05, 4.69) is 15.0 Å². The predicted octanol–water partition coefficient (Wildman–Crippen LogP) is 3.21. The molecule has 0 amide bonds. The Bertz CT molecular complexity index is 967. The molecule has 7 heteroatoms. The second-order valence-electron chi connectivity index (χ2n) is 6.19. The fraction of sp³-hybridized carbons (Fsp3) is 0.211. The van der Waals surface area contributed by atoms with Crippen molar-refractivity contribution in [3.05, 3.63) is 54.0 Å². The maximum atomic E-state index is 11.2. The van der Waals surface area contributed by atoms with Crippen molar-refractivity contribution in [3.63, 3.8) is 0 Å². The molecule has 0 bridgehead atoms. The Morgan fingerprint density at radius 3 is 2.92 bits per heavy atom. The minimum atomic E-state index is -0.852. The van der Waals surface area contributed by atoms with Gasteiger partial charge in [-0.05, 0) is 43.2 Å². The summed E-state index contributed by atoms with van der Waals surface area (Å²) in [6.07, 6.45) is 3.90. The third kappa shape index (κ3) is 3.23. The second kappa shape index (κ2) is 6.51. The molecule has 0 saturated carbocycles. The highest BCUT2D eigenvalue weighted by Crippen LogP contribution is 2.33. The van der Waals surface area contributed by atoms with E-state index in [1.54, 1.807) is 30.5 Å². The van der Waals surface area contributed by atoms with Gasteiger partial charge in [0.1, 0.15) is 29.5 Å². The first-order chi connectivity index (χ1) is 12.6. The molecule has 1 unspecified atom stereocenters. The zero-order valence-corrected chi connectivity index (χ0v) is 14.1. The van der Waals surface area contributed by atoms with Crippen LogP contribution in [0, 0.1) is 12.8 Å². The lowest BCUT2D eigenvalue weighted by Crippen LogP contribution is -2.27. The Kier molecular flexibility index (Phi) is 4.04. The average Bonchev–Trinajstić information content (AvgIpc) is 3.08. The largest absolute Gasteiger partial charge is 0.492 e. The highest BCUT2D eigenvalue weighted by molar-refractivity contribution is 5.71. The summed E-state index contributed by atoms with van der Waals surface area (Å²) in [5.74, 6) is 1.23. The van der Waals surface area contributed by atoms with Gasteiger partial charge in [0.15, 0.2) is 5.82 Å². The van der Waals surface area contributed by atoms with Gasteiger partial charge in [-0.1, -0.05) is 0 Å². The third-order valence-electron chi connectivity index (χ3n) is 4.20. The van der Waals surface area contributed by atoms with E-state index < -0.39 is 11.9 Å². The smallest absolute Gasteiger partial charge is 0.310 e. The third-order valence-corrected chi connectivity index (χ3v) is 4.20. The first-order valence-electron chi connectivity index (χ1n) is 8.23. The van der Waals surface area contributed by atoms with Crippen molar-refractivity contribution in [2.45, 2.75) is 13.3 Å². The van der Waals surface area contributed by atoms with E-state index in [0.29, 0.717) is 35.2 Å². The van der Waals surface area contributed by atoms with Crippen LogP contribution in [-0.4, -0.2) is 32.6 Å². The number of carboxylic acids is 1. The van der Waals surface area contributed by atoms with Crippen LogP contribution in [0.1, 0.15) is 11.3 Å². The maximum absolute atomic E-state index is 11.2. The van der Waals surface area contributed by atoms with E-state index in [1.807, 2.05) is 19.2 Å². The lowest BCUT2D eigenvalue weighted by Gasteiger charge is -2.23. The molecule has 4 rings (SSSR count). The molecule has 0 radical (unpaired) electrons. The van der Waals surface area contributed by atoms with Gasteiger partial charge in [-0.15, -0.1) is 0 Å². The van der Waals surface area contributed by atoms with Gasteiger partial charge in [-0.3, -0.25) is 9.78 Å². The first kappa shape index (κ1) is 16.1. The van der Waals surface area contributed by atoms with E-state index in [9.17, 15) is 9.90 Å². The number of rotatable bonds is 4. The number of nitrogens with one attached hydrogen (secondary N) is 1. The number of benzene rings is 1. The highest BCUT2D eigenvalue weighted by atomic mass is 16.5. The number of carbonyl (C=O) groups is 1. The van der Waals surface area contributed by atoms with Crippen molar-refractivity contribution in [1.29, 1.82) is 0 Å². The quantitative estimate of drug-likeness (QED) is 0.749. The number of pyridine rings is 1. The molecule has 3 aromatic rings. The molecule has 1 aliphatic heterocycles. The van der Waals surface area contributed by atoms with Gasteiger partial charge < -0.3 is 19.6 Å². The van der Waals surface area contributed by atoms with Crippen molar-refractivity contribution >= 4 is 5.97 Å². The van der Waals surface area contributed by atoms with Crippen molar-refractivity contribution < 1.29 is 19.4 Å². The minimum Gasteiger partial charge on any atom is -0.492 e. The number of aryl methyl sites for hydroxylation is 1. The van der Waals surface area contributed by atoms with E-state index in [-0.39, 0.29) is 6.61 Å². The number of ether oxygens (including phenoxy) is 2. The van der Waals surface area contributed by atoms with Crippen LogP contribution in [0.3, 0.4) is 0 Å². The lowest BCUT2D eigenvalue weighted by molar-refractivity contribution is -0.143. The Hall–Kier alpha value is -3.35. The molecule has 2 N–H and O–H groups in total. The van der Waals surface area contributed by atoms with Crippen LogP contribution >= 0.6 is 0 Å². The number of carboxylic acid groups (broad SMARTS) is 1. The summed E-state index contributed by atoms with van der Waals surface area (Å²) in [4.78, 5) is 22.9. The molecule has 1 aliphatic rings. The second-order valence-corrected chi connectivity index (χ2v) is 6.19. The van der Waals surface area contributed by atoms with E-state index >= 15 is 0 Å². The van der Waals surface area contributed by atoms with Crippen LogP contribution in [0.15, 0.2) is 42.7 Å². The van der Waals surface area contributed by atoms with E-state index in [1.165, 1.54) is 0 Å². The Morgan fingerprint density at radius 2 is 2.15 bits per heavy atom. The van der Waals surface area contributed by atoms with Crippen molar-refractivity contribution in [3.8, 4) is 28.8 Å². The maximum Gasteiger partial charge on any atom is 0.310 e. The SMILES string of the molecule is Cc1c[nH]c(-c2cc(Oc3ccc4c(c3)CC(C(=O)O)CO4)ccn2)n1. The molecular weight excluding hydrogens is 334 g/mol. The molecular formula is C19H17N3O4. The first-order valence-corrected chi connectivity index (χ1v) is 8.23. The van der Waals surface area contributed by atoms with Crippen LogP contribution < -0.4 is 9.47 Å². The van der Waals surface area contributed by atoms with Crippen LogP contribution in [-0.2, 0) is 11.2 Å². The summed E-state index contributed by atoms with van der Waals surface area (Å²) in [7, 11) is 0. The standard InChI is InChI=1S/C19H17N3O4/c1-11-9-21-18(22-11)16-8-15(4-5-20-16)26-14-2-3-17-12(7-14)6-13(10-25-17)19(23)24/h2-5,7-9,13H,6,10H2,1H3,(H,21,22)(H,23,24). The number of fused-ring (bicyclic) bond motifs is 1. The van der Waals surface area contributed by atoms with Crippen LogP contribution in [0.25, 0.3) is 11.5 Å². The molecule has 7 nitrogen and oxygen atoms in total. The van der Waals surface area contributed by atoms with Crippen LogP contribution in [0.4, 0.5) is 0 Å². The number of aliphatic carboxylic acids is 1. The zero-order valence-electron chi connectivity index (χ0n) is 14.1. The van der Waals surface area contributed by atoms with Gasteiger partial charge in [0.25, 0.3) is 0 Å². The van der Waals surface area contributed by atoms with Gasteiger partial charge in [0, 0.05) is 18.5 Å². The topological polar surface area (TPSA) is 97.3 Å². The molecule has 0 fully saturated rings. The van der Waals surface area contributed by atoms with Crippen molar-refractivity contribution in [2.75, 3.05) is 6.61 Å². The normalized spacial score (nSPS) is 15.8. The number of aromatic amines is 1. The fourth-order valence-electron chi connectivity index (χ4n) is 2.88. The molecule has 1 atom stereocenters. The van der Waals surface area contributed by atoms with Crippen molar-refractivity contribution in [2.24, 2.45) is 5.92 Å².